The normalized spacial score (nSPS) is 19.4. The average molecular weight is 412 g/mol. The quantitative estimate of drug-likeness (QED) is 0.263. The van der Waals surface area contributed by atoms with Crippen LogP contribution < -0.4 is 10.6 Å². The summed E-state index contributed by atoms with van der Waals surface area (Å²) in [5.41, 5.74) is 0. The average Bonchev–Trinajstić information content (AvgIpc) is 2.89. The van der Waals surface area contributed by atoms with Gasteiger partial charge >= 0.3 is 0 Å². The van der Waals surface area contributed by atoms with E-state index in [9.17, 15) is 0 Å². The zero-order valence-electron chi connectivity index (χ0n) is 13.9. The van der Waals surface area contributed by atoms with Crippen molar-refractivity contribution in [1.29, 1.82) is 0 Å². The molecule has 1 fully saturated rings. The lowest BCUT2D eigenvalue weighted by Crippen LogP contribution is -2.38. The number of rotatable bonds is 9. The van der Waals surface area contributed by atoms with Gasteiger partial charge in [0.15, 0.2) is 5.96 Å². The van der Waals surface area contributed by atoms with Crippen molar-refractivity contribution in [3.8, 4) is 0 Å². The smallest absolute Gasteiger partial charge is 0.191 e. The van der Waals surface area contributed by atoms with Gasteiger partial charge in [-0.3, -0.25) is 4.99 Å². The minimum absolute atomic E-state index is 0. The summed E-state index contributed by atoms with van der Waals surface area (Å²) in [6, 6.07) is 0. The molecule has 0 aromatic carbocycles. The minimum Gasteiger partial charge on any atom is -0.385 e. The predicted octanol–water partition coefficient (Wildman–Crippen LogP) is 1.93. The summed E-state index contributed by atoms with van der Waals surface area (Å²) in [5.74, 6) is 1.66. The molecule has 1 rings (SSSR count). The molecule has 1 aliphatic rings. The van der Waals surface area contributed by atoms with Crippen molar-refractivity contribution < 1.29 is 4.74 Å². The summed E-state index contributed by atoms with van der Waals surface area (Å²) in [6.45, 7) is 11.6. The third kappa shape index (κ3) is 9.52. The Hall–Kier alpha value is -0.0800. The first kappa shape index (κ1) is 20.9. The monoisotopic (exact) mass is 412 g/mol. The number of likely N-dealkylation sites (tertiary alicyclic amines) is 1. The molecular weight excluding hydrogens is 379 g/mol. The molecule has 126 valence electrons. The highest BCUT2D eigenvalue weighted by molar-refractivity contribution is 14.0. The van der Waals surface area contributed by atoms with Gasteiger partial charge in [-0.2, -0.15) is 0 Å². The van der Waals surface area contributed by atoms with Gasteiger partial charge in [0.1, 0.15) is 0 Å². The van der Waals surface area contributed by atoms with E-state index in [1.165, 1.54) is 32.5 Å². The zero-order chi connectivity index (χ0) is 14.6. The lowest BCUT2D eigenvalue weighted by atomic mass is 10.1. The van der Waals surface area contributed by atoms with Crippen LogP contribution in [0.25, 0.3) is 0 Å². The maximum Gasteiger partial charge on any atom is 0.191 e. The molecule has 6 heteroatoms. The number of halogens is 1. The Kier molecular flexibility index (Phi) is 13.5. The fraction of sp³-hybridized carbons (Fsp3) is 0.933. The maximum absolute atomic E-state index is 5.05. The molecule has 0 aromatic heterocycles. The Balaban J connectivity index is 0.00000400. The predicted molar refractivity (Wildman–Crippen MR) is 101 cm³/mol. The number of guanidine groups is 1. The fourth-order valence-corrected chi connectivity index (χ4v) is 2.57. The van der Waals surface area contributed by atoms with E-state index in [-0.39, 0.29) is 24.0 Å². The van der Waals surface area contributed by atoms with E-state index in [2.05, 4.69) is 29.4 Å². The van der Waals surface area contributed by atoms with Crippen LogP contribution in [0.4, 0.5) is 0 Å². The van der Waals surface area contributed by atoms with Crippen molar-refractivity contribution in [1.82, 2.24) is 15.5 Å². The van der Waals surface area contributed by atoms with Gasteiger partial charge in [0, 0.05) is 39.9 Å². The van der Waals surface area contributed by atoms with Gasteiger partial charge < -0.3 is 20.3 Å². The third-order valence-electron chi connectivity index (χ3n) is 3.58. The third-order valence-corrected chi connectivity index (χ3v) is 3.58. The SMILES string of the molecule is CCCN1CCC(CN=C(NCC)NCCCOC)C1.I. The van der Waals surface area contributed by atoms with E-state index < -0.39 is 0 Å². The first-order chi connectivity index (χ1) is 9.80. The van der Waals surface area contributed by atoms with E-state index >= 15 is 0 Å². The van der Waals surface area contributed by atoms with Gasteiger partial charge in [-0.25, -0.2) is 0 Å². The molecule has 0 bridgehead atoms. The van der Waals surface area contributed by atoms with Crippen molar-refractivity contribution >= 4 is 29.9 Å². The highest BCUT2D eigenvalue weighted by Gasteiger charge is 2.21. The highest BCUT2D eigenvalue weighted by atomic mass is 127. The molecule has 0 aromatic rings. The van der Waals surface area contributed by atoms with E-state index in [0.29, 0.717) is 0 Å². The van der Waals surface area contributed by atoms with Crippen molar-refractivity contribution in [3.63, 3.8) is 0 Å². The van der Waals surface area contributed by atoms with E-state index in [0.717, 1.165) is 44.5 Å². The molecule has 0 spiro atoms. The molecule has 1 saturated heterocycles. The van der Waals surface area contributed by atoms with Crippen LogP contribution in [0.3, 0.4) is 0 Å². The molecule has 1 atom stereocenters. The Morgan fingerprint density at radius 1 is 1.33 bits per heavy atom. The summed E-state index contributed by atoms with van der Waals surface area (Å²) in [4.78, 5) is 7.27. The first-order valence-electron chi connectivity index (χ1n) is 8.03. The zero-order valence-corrected chi connectivity index (χ0v) is 16.2. The summed E-state index contributed by atoms with van der Waals surface area (Å²) in [7, 11) is 1.74. The summed E-state index contributed by atoms with van der Waals surface area (Å²) >= 11 is 0. The van der Waals surface area contributed by atoms with Gasteiger partial charge in [-0.1, -0.05) is 6.92 Å². The van der Waals surface area contributed by atoms with Crippen molar-refractivity contribution in [3.05, 3.63) is 0 Å². The minimum atomic E-state index is 0. The van der Waals surface area contributed by atoms with Crippen LogP contribution >= 0.6 is 24.0 Å². The number of methoxy groups -OCH3 is 1. The second-order valence-electron chi connectivity index (χ2n) is 5.45. The Labute approximate surface area is 147 Å². The number of nitrogens with one attached hydrogen (secondary N) is 2. The highest BCUT2D eigenvalue weighted by Crippen LogP contribution is 2.16. The molecule has 21 heavy (non-hydrogen) atoms. The summed E-state index contributed by atoms with van der Waals surface area (Å²) in [6.07, 6.45) is 3.54. The summed E-state index contributed by atoms with van der Waals surface area (Å²) in [5, 5.41) is 6.67. The molecule has 5 nitrogen and oxygen atoms in total. The van der Waals surface area contributed by atoms with Gasteiger partial charge in [0.05, 0.1) is 0 Å². The number of nitrogens with zero attached hydrogens (tertiary/aromatic N) is 2. The van der Waals surface area contributed by atoms with E-state index in [4.69, 9.17) is 9.73 Å². The molecule has 2 N–H and O–H groups in total. The lowest BCUT2D eigenvalue weighted by Gasteiger charge is -2.15. The molecule has 0 aliphatic carbocycles. The number of aliphatic imine (C=N–C) groups is 1. The van der Waals surface area contributed by atoms with Crippen molar-refractivity contribution in [2.75, 3.05) is 53.0 Å². The van der Waals surface area contributed by atoms with Crippen molar-refractivity contribution in [2.24, 2.45) is 10.9 Å². The molecule has 1 unspecified atom stereocenters. The maximum atomic E-state index is 5.05. The van der Waals surface area contributed by atoms with Crippen LogP contribution in [0.1, 0.15) is 33.1 Å². The molecule has 1 heterocycles. The molecule has 0 radical (unpaired) electrons. The van der Waals surface area contributed by atoms with Crippen LogP contribution in [-0.4, -0.2) is 63.8 Å². The molecular formula is C15H33IN4O. The number of hydrogen-bond acceptors (Lipinski definition) is 3. The van der Waals surface area contributed by atoms with Crippen LogP contribution in [-0.2, 0) is 4.74 Å². The van der Waals surface area contributed by atoms with Gasteiger partial charge in [0.25, 0.3) is 0 Å². The number of hydrogen-bond donors (Lipinski definition) is 2. The molecule has 0 amide bonds. The molecule has 0 saturated carbocycles. The van der Waals surface area contributed by atoms with Gasteiger partial charge in [0.2, 0.25) is 0 Å². The van der Waals surface area contributed by atoms with Crippen LogP contribution in [0.5, 0.6) is 0 Å². The van der Waals surface area contributed by atoms with Crippen LogP contribution in [0, 0.1) is 5.92 Å². The standard InChI is InChI=1S/C15H32N4O.HI/c1-4-9-19-10-7-14(13-19)12-18-15(16-5-2)17-8-6-11-20-3;/h14H,4-13H2,1-3H3,(H2,16,17,18);1H. The summed E-state index contributed by atoms with van der Waals surface area (Å²) < 4.78 is 5.05. The largest absolute Gasteiger partial charge is 0.385 e. The second kappa shape index (κ2) is 13.6. The second-order valence-corrected chi connectivity index (χ2v) is 5.45. The van der Waals surface area contributed by atoms with E-state index in [1.807, 2.05) is 0 Å². The number of ether oxygens (including phenoxy) is 1. The lowest BCUT2D eigenvalue weighted by molar-refractivity contribution is 0.195. The fourth-order valence-electron chi connectivity index (χ4n) is 2.57. The van der Waals surface area contributed by atoms with Gasteiger partial charge in [-0.05, 0) is 45.2 Å². The first-order valence-corrected chi connectivity index (χ1v) is 8.03. The van der Waals surface area contributed by atoms with Crippen LogP contribution in [0.2, 0.25) is 0 Å². The van der Waals surface area contributed by atoms with Crippen LogP contribution in [0.15, 0.2) is 4.99 Å². The Morgan fingerprint density at radius 2 is 2.14 bits per heavy atom. The van der Waals surface area contributed by atoms with Crippen molar-refractivity contribution in [2.45, 2.75) is 33.1 Å². The molecule has 1 aliphatic heterocycles. The Morgan fingerprint density at radius 3 is 2.81 bits per heavy atom. The topological polar surface area (TPSA) is 48.9 Å². The van der Waals surface area contributed by atoms with Gasteiger partial charge in [-0.15, -0.1) is 24.0 Å². The Bertz CT molecular complexity index is 276. The van der Waals surface area contributed by atoms with E-state index in [1.54, 1.807) is 7.11 Å².